The lowest BCUT2D eigenvalue weighted by molar-refractivity contribution is -0.117. The second-order valence-corrected chi connectivity index (χ2v) is 9.91. The smallest absolute Gasteiger partial charge is 0.240 e. The van der Waals surface area contributed by atoms with Gasteiger partial charge in [-0.15, -0.1) is 11.3 Å². The minimum atomic E-state index is 0.00407. The van der Waals surface area contributed by atoms with Crippen molar-refractivity contribution in [2.45, 2.75) is 27.2 Å². The van der Waals surface area contributed by atoms with Gasteiger partial charge in [0.2, 0.25) is 5.91 Å². The fourth-order valence-corrected chi connectivity index (χ4v) is 5.03. The van der Waals surface area contributed by atoms with Crippen LogP contribution in [0.3, 0.4) is 0 Å². The molecule has 1 aliphatic heterocycles. The molecule has 1 aromatic heterocycles. The largest absolute Gasteiger partial charge is 0.497 e. The number of carbonyl (C=O) groups excluding carboxylic acids is 1. The van der Waals surface area contributed by atoms with Crippen LogP contribution in [0.2, 0.25) is 0 Å². The Bertz CT molecular complexity index is 1120. The van der Waals surface area contributed by atoms with E-state index in [9.17, 15) is 4.79 Å². The van der Waals surface area contributed by atoms with E-state index in [-0.39, 0.29) is 5.91 Å². The van der Waals surface area contributed by atoms with Crippen LogP contribution in [0.4, 0.5) is 5.13 Å². The van der Waals surface area contributed by atoms with Gasteiger partial charge >= 0.3 is 0 Å². The Morgan fingerprint density at radius 1 is 1.00 bits per heavy atom. The zero-order chi connectivity index (χ0) is 24.1. The van der Waals surface area contributed by atoms with E-state index >= 15 is 0 Å². The minimum Gasteiger partial charge on any atom is -0.497 e. The summed E-state index contributed by atoms with van der Waals surface area (Å²) in [6.07, 6.45) is 1.02. The lowest BCUT2D eigenvalue weighted by Crippen LogP contribution is -2.49. The number of aryl methyl sites for hydroxylation is 3. The summed E-state index contributed by atoms with van der Waals surface area (Å²) < 4.78 is 5.23. The van der Waals surface area contributed by atoms with E-state index in [0.717, 1.165) is 56.2 Å². The summed E-state index contributed by atoms with van der Waals surface area (Å²) in [5.41, 5.74) is 7.11. The number of nitrogens with zero attached hydrogens (tertiary/aromatic N) is 3. The molecule has 1 saturated heterocycles. The monoisotopic (exact) mass is 478 g/mol. The van der Waals surface area contributed by atoms with Gasteiger partial charge in [-0.1, -0.05) is 18.2 Å². The number of benzene rings is 2. The zero-order valence-electron chi connectivity index (χ0n) is 20.6. The van der Waals surface area contributed by atoms with Crippen molar-refractivity contribution < 1.29 is 9.53 Å². The summed E-state index contributed by atoms with van der Waals surface area (Å²) in [4.78, 5) is 22.0. The van der Waals surface area contributed by atoms with Crippen molar-refractivity contribution in [3.63, 3.8) is 0 Å². The molecular formula is C27H34N4O2S. The first kappa shape index (κ1) is 24.4. The number of amides is 1. The Balaban J connectivity index is 1.22. The lowest BCUT2D eigenvalue weighted by Gasteiger charge is -2.34. The molecule has 34 heavy (non-hydrogen) atoms. The first-order valence-corrected chi connectivity index (χ1v) is 12.7. The van der Waals surface area contributed by atoms with Crippen molar-refractivity contribution in [3.05, 3.63) is 64.0 Å². The standard InChI is InChI=1S/C27H34N4O2S/c1-19-15-21(3)24(16-20(19)2)25-18-34-27(28-25)29-26(32)17-31-13-11-30(12-14-31)10-9-22-5-7-23(33-4)8-6-22/h5-8,15-16,18H,9-14,17H2,1-4H3,(H,28,29,32). The SMILES string of the molecule is COc1ccc(CCN2CCN(CC(=O)Nc3nc(-c4cc(C)c(C)cc4C)cs3)CC2)cc1. The number of ether oxygens (including phenoxy) is 1. The molecule has 4 rings (SSSR count). The molecule has 0 aliphatic carbocycles. The van der Waals surface area contributed by atoms with Gasteiger partial charge in [-0.05, 0) is 67.6 Å². The highest BCUT2D eigenvalue weighted by molar-refractivity contribution is 7.14. The van der Waals surface area contributed by atoms with Crippen molar-refractivity contribution in [2.24, 2.45) is 0 Å². The summed E-state index contributed by atoms with van der Waals surface area (Å²) in [7, 11) is 1.69. The average Bonchev–Trinajstić information content (AvgIpc) is 3.29. The van der Waals surface area contributed by atoms with Crippen LogP contribution in [0.15, 0.2) is 41.8 Å². The van der Waals surface area contributed by atoms with Crippen LogP contribution in [-0.4, -0.2) is 67.1 Å². The molecule has 0 bridgehead atoms. The Morgan fingerprint density at radius 2 is 1.68 bits per heavy atom. The average molecular weight is 479 g/mol. The number of nitrogens with one attached hydrogen (secondary N) is 1. The molecule has 1 N–H and O–H groups in total. The van der Waals surface area contributed by atoms with Crippen LogP contribution in [0.25, 0.3) is 11.3 Å². The summed E-state index contributed by atoms with van der Waals surface area (Å²) in [5.74, 6) is 0.898. The van der Waals surface area contributed by atoms with Crippen LogP contribution in [0, 0.1) is 20.8 Å². The summed E-state index contributed by atoms with van der Waals surface area (Å²) in [5, 5.41) is 5.68. The van der Waals surface area contributed by atoms with Gasteiger partial charge in [-0.2, -0.15) is 0 Å². The first-order chi connectivity index (χ1) is 16.4. The normalized spacial score (nSPS) is 14.8. The number of rotatable bonds is 8. The quantitative estimate of drug-likeness (QED) is 0.515. The van der Waals surface area contributed by atoms with E-state index in [2.05, 4.69) is 65.1 Å². The Morgan fingerprint density at radius 3 is 2.38 bits per heavy atom. The number of hydrogen-bond acceptors (Lipinski definition) is 6. The van der Waals surface area contributed by atoms with Gasteiger partial charge in [0.05, 0.1) is 19.3 Å². The molecule has 7 heteroatoms. The third kappa shape index (κ3) is 6.23. The van der Waals surface area contributed by atoms with Gasteiger partial charge in [0.15, 0.2) is 5.13 Å². The van der Waals surface area contributed by atoms with Crippen molar-refractivity contribution in [1.82, 2.24) is 14.8 Å². The molecule has 6 nitrogen and oxygen atoms in total. The highest BCUT2D eigenvalue weighted by Crippen LogP contribution is 2.29. The number of hydrogen-bond donors (Lipinski definition) is 1. The third-order valence-corrected chi connectivity index (χ3v) is 7.33. The molecule has 180 valence electrons. The second-order valence-electron chi connectivity index (χ2n) is 9.05. The number of piperazine rings is 1. The van der Waals surface area contributed by atoms with E-state index in [4.69, 9.17) is 4.74 Å². The maximum absolute atomic E-state index is 12.6. The van der Waals surface area contributed by atoms with Gasteiger partial charge in [0.25, 0.3) is 0 Å². The summed E-state index contributed by atoms with van der Waals surface area (Å²) >= 11 is 1.48. The molecule has 1 amide bonds. The molecule has 1 aliphatic rings. The van der Waals surface area contributed by atoms with Crippen LogP contribution in [0.1, 0.15) is 22.3 Å². The molecule has 0 radical (unpaired) electrons. The Labute approximate surface area is 206 Å². The van der Waals surface area contributed by atoms with E-state index in [1.807, 2.05) is 17.5 Å². The first-order valence-electron chi connectivity index (χ1n) is 11.8. The Hall–Kier alpha value is -2.74. The van der Waals surface area contributed by atoms with Gasteiger partial charge < -0.3 is 15.0 Å². The molecule has 1 fully saturated rings. The number of methoxy groups -OCH3 is 1. The molecular weight excluding hydrogens is 444 g/mol. The van der Waals surface area contributed by atoms with Crippen LogP contribution < -0.4 is 10.1 Å². The van der Waals surface area contributed by atoms with Gasteiger partial charge in [-0.3, -0.25) is 9.69 Å². The molecule has 2 heterocycles. The van der Waals surface area contributed by atoms with Crippen LogP contribution in [0.5, 0.6) is 5.75 Å². The van der Waals surface area contributed by atoms with E-state index < -0.39 is 0 Å². The highest BCUT2D eigenvalue weighted by atomic mass is 32.1. The predicted octanol–water partition coefficient (Wildman–Crippen LogP) is 4.54. The van der Waals surface area contributed by atoms with E-state index in [1.165, 1.54) is 33.6 Å². The van der Waals surface area contributed by atoms with E-state index in [0.29, 0.717) is 11.7 Å². The summed E-state index contributed by atoms with van der Waals surface area (Å²) in [6.45, 7) is 11.6. The molecule has 0 spiro atoms. The van der Waals surface area contributed by atoms with Crippen molar-refractivity contribution in [2.75, 3.05) is 51.7 Å². The fourth-order valence-electron chi connectivity index (χ4n) is 4.30. The molecule has 0 unspecified atom stereocenters. The minimum absolute atomic E-state index is 0.00407. The molecule has 3 aromatic rings. The molecule has 0 saturated carbocycles. The number of anilines is 1. The number of aromatic nitrogens is 1. The number of carbonyl (C=O) groups is 1. The zero-order valence-corrected chi connectivity index (χ0v) is 21.4. The lowest BCUT2D eigenvalue weighted by atomic mass is 9.99. The fraction of sp³-hybridized carbons (Fsp3) is 0.407. The topological polar surface area (TPSA) is 57.7 Å². The van der Waals surface area contributed by atoms with Crippen molar-refractivity contribution in [1.29, 1.82) is 0 Å². The number of thiazole rings is 1. The van der Waals surface area contributed by atoms with Gasteiger partial charge in [0.1, 0.15) is 5.75 Å². The van der Waals surface area contributed by atoms with Crippen molar-refractivity contribution in [3.8, 4) is 17.0 Å². The van der Waals surface area contributed by atoms with Gasteiger partial charge in [-0.25, -0.2) is 4.98 Å². The maximum atomic E-state index is 12.6. The predicted molar refractivity (Wildman–Crippen MR) is 140 cm³/mol. The highest BCUT2D eigenvalue weighted by Gasteiger charge is 2.19. The van der Waals surface area contributed by atoms with Crippen molar-refractivity contribution >= 4 is 22.4 Å². The van der Waals surface area contributed by atoms with E-state index in [1.54, 1.807) is 7.11 Å². The molecule has 2 aromatic carbocycles. The second kappa shape index (κ2) is 11.1. The summed E-state index contributed by atoms with van der Waals surface area (Å²) in [6, 6.07) is 12.7. The van der Waals surface area contributed by atoms with Crippen LogP contribution >= 0.6 is 11.3 Å². The third-order valence-electron chi connectivity index (χ3n) is 6.58. The van der Waals surface area contributed by atoms with Gasteiger partial charge in [0, 0.05) is 43.7 Å². The maximum Gasteiger partial charge on any atom is 0.240 e. The Kier molecular flexibility index (Phi) is 7.98. The van der Waals surface area contributed by atoms with Crippen LogP contribution in [-0.2, 0) is 11.2 Å². The molecule has 0 atom stereocenters.